The van der Waals surface area contributed by atoms with Crippen LogP contribution in [0.2, 0.25) is 0 Å². The van der Waals surface area contributed by atoms with Gasteiger partial charge in [-0.25, -0.2) is 9.78 Å². The topological polar surface area (TPSA) is 68.3 Å². The Morgan fingerprint density at radius 1 is 1.39 bits per heavy atom. The molecule has 6 heteroatoms. The summed E-state index contributed by atoms with van der Waals surface area (Å²) >= 11 is 1.38. The molecule has 0 spiro atoms. The van der Waals surface area contributed by atoms with E-state index in [-0.39, 0.29) is 11.9 Å². The summed E-state index contributed by atoms with van der Waals surface area (Å²) in [5.41, 5.74) is 0.394. The summed E-state index contributed by atoms with van der Waals surface area (Å²) in [6.07, 6.45) is 7.14. The molecule has 1 saturated carbocycles. The number of ether oxygens (including phenoxy) is 1. The Hall–Kier alpha value is -1.56. The SMILES string of the molecule is CSc1ncccc1C(=O)O[C@H](C)C(=O)N[C@H]1CCCC[C@@H]1C. The van der Waals surface area contributed by atoms with Crippen LogP contribution in [0.4, 0.5) is 0 Å². The number of carbonyl (C=O) groups excluding carboxylic acids is 2. The first-order valence-electron chi connectivity index (χ1n) is 8.03. The quantitative estimate of drug-likeness (QED) is 0.661. The largest absolute Gasteiger partial charge is 0.449 e. The van der Waals surface area contributed by atoms with Gasteiger partial charge < -0.3 is 10.1 Å². The third-order valence-corrected chi connectivity index (χ3v) is 4.99. The second-order valence-corrected chi connectivity index (χ2v) is 6.78. The highest BCUT2D eigenvalue weighted by atomic mass is 32.2. The van der Waals surface area contributed by atoms with Crippen molar-refractivity contribution in [3.8, 4) is 0 Å². The van der Waals surface area contributed by atoms with E-state index < -0.39 is 12.1 Å². The van der Waals surface area contributed by atoms with E-state index in [1.807, 2.05) is 6.26 Å². The Labute approximate surface area is 141 Å². The van der Waals surface area contributed by atoms with Gasteiger partial charge in [-0.05, 0) is 44.1 Å². The highest BCUT2D eigenvalue weighted by Gasteiger charge is 2.27. The number of nitrogens with zero attached hydrogens (tertiary/aromatic N) is 1. The number of carbonyl (C=O) groups is 2. The summed E-state index contributed by atoms with van der Waals surface area (Å²) in [6.45, 7) is 3.76. The molecule has 23 heavy (non-hydrogen) atoms. The van der Waals surface area contributed by atoms with Gasteiger partial charge in [0.2, 0.25) is 0 Å². The summed E-state index contributed by atoms with van der Waals surface area (Å²) in [5, 5.41) is 3.62. The van der Waals surface area contributed by atoms with Crippen LogP contribution in [-0.4, -0.2) is 35.3 Å². The summed E-state index contributed by atoms with van der Waals surface area (Å²) in [6, 6.07) is 3.53. The molecule has 1 heterocycles. The molecule has 0 saturated heterocycles. The van der Waals surface area contributed by atoms with Gasteiger partial charge in [0.05, 0.1) is 5.56 Å². The average molecular weight is 336 g/mol. The molecule has 1 aromatic rings. The molecule has 1 aliphatic rings. The lowest BCUT2D eigenvalue weighted by Gasteiger charge is -2.30. The number of pyridine rings is 1. The van der Waals surface area contributed by atoms with E-state index in [1.54, 1.807) is 25.3 Å². The molecule has 1 amide bonds. The van der Waals surface area contributed by atoms with Crippen LogP contribution in [0.5, 0.6) is 0 Å². The normalized spacial score (nSPS) is 22.2. The lowest BCUT2D eigenvalue weighted by atomic mass is 9.86. The zero-order valence-electron chi connectivity index (χ0n) is 13.9. The number of hydrogen-bond acceptors (Lipinski definition) is 5. The lowest BCUT2D eigenvalue weighted by Crippen LogP contribution is -2.46. The zero-order chi connectivity index (χ0) is 16.8. The molecule has 1 fully saturated rings. The molecule has 126 valence electrons. The van der Waals surface area contributed by atoms with E-state index in [0.717, 1.165) is 19.3 Å². The zero-order valence-corrected chi connectivity index (χ0v) is 14.7. The molecule has 3 atom stereocenters. The Bertz CT molecular complexity index is 565. The molecule has 0 aromatic carbocycles. The number of aromatic nitrogens is 1. The van der Waals surface area contributed by atoms with E-state index in [4.69, 9.17) is 4.74 Å². The van der Waals surface area contributed by atoms with Crippen molar-refractivity contribution in [2.75, 3.05) is 6.26 Å². The van der Waals surface area contributed by atoms with Crippen molar-refractivity contribution in [2.24, 2.45) is 5.92 Å². The molecule has 5 nitrogen and oxygen atoms in total. The molecule has 0 bridgehead atoms. The average Bonchev–Trinajstić information content (AvgIpc) is 2.56. The molecule has 0 aliphatic heterocycles. The van der Waals surface area contributed by atoms with Crippen LogP contribution in [0.3, 0.4) is 0 Å². The van der Waals surface area contributed by atoms with Crippen molar-refractivity contribution in [3.05, 3.63) is 23.9 Å². The van der Waals surface area contributed by atoms with Crippen LogP contribution >= 0.6 is 11.8 Å². The fourth-order valence-electron chi connectivity index (χ4n) is 2.82. The monoisotopic (exact) mass is 336 g/mol. The first-order chi connectivity index (χ1) is 11.0. The number of esters is 1. The fraction of sp³-hybridized carbons (Fsp3) is 0.588. The minimum absolute atomic E-state index is 0.178. The Kier molecular flexibility index (Phi) is 6.45. The fourth-order valence-corrected chi connectivity index (χ4v) is 3.35. The van der Waals surface area contributed by atoms with Crippen LogP contribution in [0, 0.1) is 5.92 Å². The van der Waals surface area contributed by atoms with Crippen LogP contribution in [0.25, 0.3) is 0 Å². The molecular formula is C17H24N2O3S. The van der Waals surface area contributed by atoms with Crippen molar-refractivity contribution in [1.29, 1.82) is 0 Å². The van der Waals surface area contributed by atoms with Gasteiger partial charge in [-0.3, -0.25) is 4.79 Å². The predicted molar refractivity (Wildman–Crippen MR) is 90.5 cm³/mol. The molecule has 0 unspecified atom stereocenters. The van der Waals surface area contributed by atoms with Crippen LogP contribution in [-0.2, 0) is 9.53 Å². The number of amides is 1. The number of hydrogen-bond donors (Lipinski definition) is 1. The third-order valence-electron chi connectivity index (χ3n) is 4.28. The summed E-state index contributed by atoms with van der Waals surface area (Å²) < 4.78 is 5.31. The van der Waals surface area contributed by atoms with E-state index in [0.29, 0.717) is 16.5 Å². The molecule has 1 N–H and O–H groups in total. The summed E-state index contributed by atoms with van der Waals surface area (Å²) in [5.74, 6) is -0.273. The number of nitrogens with one attached hydrogen (secondary N) is 1. The number of rotatable bonds is 5. The summed E-state index contributed by atoms with van der Waals surface area (Å²) in [7, 11) is 0. The van der Waals surface area contributed by atoms with Crippen molar-refractivity contribution < 1.29 is 14.3 Å². The van der Waals surface area contributed by atoms with Gasteiger partial charge in [0, 0.05) is 12.2 Å². The molecule has 1 aliphatic carbocycles. The van der Waals surface area contributed by atoms with E-state index in [2.05, 4.69) is 17.2 Å². The van der Waals surface area contributed by atoms with Crippen molar-refractivity contribution in [1.82, 2.24) is 10.3 Å². The first-order valence-corrected chi connectivity index (χ1v) is 9.25. The Morgan fingerprint density at radius 3 is 2.83 bits per heavy atom. The lowest BCUT2D eigenvalue weighted by molar-refractivity contribution is -0.130. The maximum atomic E-state index is 12.3. The van der Waals surface area contributed by atoms with Gasteiger partial charge in [0.15, 0.2) is 6.10 Å². The van der Waals surface area contributed by atoms with Crippen molar-refractivity contribution in [2.45, 2.75) is 56.7 Å². The second-order valence-electron chi connectivity index (χ2n) is 5.98. The molecular weight excluding hydrogens is 312 g/mol. The van der Waals surface area contributed by atoms with Gasteiger partial charge in [-0.2, -0.15) is 0 Å². The first kappa shape index (κ1) is 17.8. The number of thioether (sulfide) groups is 1. The van der Waals surface area contributed by atoms with Gasteiger partial charge in [-0.15, -0.1) is 11.8 Å². The molecule has 2 rings (SSSR count). The predicted octanol–water partition coefficient (Wildman–Crippen LogP) is 3.04. The van der Waals surface area contributed by atoms with E-state index in [1.165, 1.54) is 18.2 Å². The van der Waals surface area contributed by atoms with Gasteiger partial charge in [0.25, 0.3) is 5.91 Å². The van der Waals surface area contributed by atoms with Gasteiger partial charge >= 0.3 is 5.97 Å². The van der Waals surface area contributed by atoms with E-state index in [9.17, 15) is 9.59 Å². The molecule has 1 aromatic heterocycles. The standard InChI is InChI=1S/C17H24N2O3S/c1-11-7-4-5-9-14(11)19-15(20)12(2)22-17(21)13-8-6-10-18-16(13)23-3/h6,8,10-12,14H,4-5,7,9H2,1-3H3,(H,19,20)/t11-,12+,14-/m0/s1. The molecule has 0 radical (unpaired) electrons. The van der Waals surface area contributed by atoms with Crippen molar-refractivity contribution in [3.63, 3.8) is 0 Å². The highest BCUT2D eigenvalue weighted by molar-refractivity contribution is 7.98. The van der Waals surface area contributed by atoms with E-state index >= 15 is 0 Å². The van der Waals surface area contributed by atoms with Gasteiger partial charge in [-0.1, -0.05) is 19.8 Å². The highest BCUT2D eigenvalue weighted by Crippen LogP contribution is 2.24. The Balaban J connectivity index is 1.93. The summed E-state index contributed by atoms with van der Waals surface area (Å²) in [4.78, 5) is 28.6. The smallest absolute Gasteiger partial charge is 0.341 e. The maximum Gasteiger partial charge on any atom is 0.341 e. The Morgan fingerprint density at radius 2 is 2.13 bits per heavy atom. The van der Waals surface area contributed by atoms with Crippen LogP contribution < -0.4 is 5.32 Å². The van der Waals surface area contributed by atoms with Crippen molar-refractivity contribution >= 4 is 23.6 Å². The van der Waals surface area contributed by atoms with Crippen LogP contribution in [0.15, 0.2) is 23.4 Å². The van der Waals surface area contributed by atoms with Gasteiger partial charge in [0.1, 0.15) is 5.03 Å². The van der Waals surface area contributed by atoms with Crippen LogP contribution in [0.1, 0.15) is 49.9 Å². The minimum Gasteiger partial charge on any atom is -0.449 e. The third kappa shape index (κ3) is 4.70. The maximum absolute atomic E-state index is 12.3. The minimum atomic E-state index is -0.813. The second kappa shape index (κ2) is 8.34.